The minimum atomic E-state index is -0.553. The largest absolute Gasteiger partial charge is 0.471 e. The van der Waals surface area contributed by atoms with Crippen LogP contribution in [-0.2, 0) is 4.74 Å². The number of nitriles is 1. The van der Waals surface area contributed by atoms with Gasteiger partial charge in [0.15, 0.2) is 0 Å². The zero-order valence-corrected chi connectivity index (χ0v) is 24.3. The number of carbonyl (C=O) groups is 1. The molecule has 10 nitrogen and oxygen atoms in total. The number of amides is 1. The molecule has 4 aromatic rings. The minimum Gasteiger partial charge on any atom is -0.471 e. The van der Waals surface area contributed by atoms with Crippen molar-refractivity contribution in [3.8, 4) is 23.2 Å². The van der Waals surface area contributed by atoms with Crippen molar-refractivity contribution in [1.82, 2.24) is 29.3 Å². The van der Waals surface area contributed by atoms with Crippen LogP contribution in [0.4, 0.5) is 9.18 Å². The third kappa shape index (κ3) is 5.84. The van der Waals surface area contributed by atoms with Gasteiger partial charge in [-0.15, -0.1) is 5.10 Å². The summed E-state index contributed by atoms with van der Waals surface area (Å²) in [5.41, 5.74) is 3.10. The number of piperidine rings is 1. The molecular weight excluding hydrogens is 549 g/mol. The van der Waals surface area contributed by atoms with Gasteiger partial charge in [0.25, 0.3) is 0 Å². The summed E-state index contributed by atoms with van der Waals surface area (Å²) in [6, 6.07) is 9.97. The highest BCUT2D eigenvalue weighted by Crippen LogP contribution is 2.34. The summed E-state index contributed by atoms with van der Waals surface area (Å²) in [5.74, 6) is -0.0788. The van der Waals surface area contributed by atoms with E-state index in [1.54, 1.807) is 28.4 Å². The fourth-order valence-electron chi connectivity index (χ4n) is 5.03. The maximum Gasteiger partial charge on any atom is 0.410 e. The first kappa shape index (κ1) is 28.4. The molecule has 4 heterocycles. The van der Waals surface area contributed by atoms with Gasteiger partial charge in [0, 0.05) is 30.3 Å². The van der Waals surface area contributed by atoms with Crippen molar-refractivity contribution in [2.75, 3.05) is 13.1 Å². The summed E-state index contributed by atoms with van der Waals surface area (Å²) < 4.78 is 28.9. The Kier molecular flexibility index (Phi) is 7.62. The molecule has 0 saturated carbocycles. The van der Waals surface area contributed by atoms with Gasteiger partial charge >= 0.3 is 6.09 Å². The van der Waals surface area contributed by atoms with Gasteiger partial charge in [-0.1, -0.05) is 22.9 Å². The Labute approximate surface area is 242 Å². The van der Waals surface area contributed by atoms with Crippen molar-refractivity contribution in [1.29, 1.82) is 5.26 Å². The van der Waals surface area contributed by atoms with Crippen LogP contribution in [0, 0.1) is 24.1 Å². The number of imidazole rings is 1. The summed E-state index contributed by atoms with van der Waals surface area (Å²) in [7, 11) is 0. The maximum absolute atomic E-state index is 13.6. The quantitative estimate of drug-likeness (QED) is 0.274. The molecule has 1 aromatic carbocycles. The molecule has 0 aliphatic carbocycles. The van der Waals surface area contributed by atoms with E-state index >= 15 is 0 Å². The van der Waals surface area contributed by atoms with Gasteiger partial charge in [-0.2, -0.15) is 5.26 Å². The van der Waals surface area contributed by atoms with Crippen LogP contribution in [0.15, 0.2) is 36.5 Å². The molecule has 5 rings (SSSR count). The van der Waals surface area contributed by atoms with Crippen molar-refractivity contribution < 1.29 is 18.7 Å². The monoisotopic (exact) mass is 579 g/mol. The first-order valence-electron chi connectivity index (χ1n) is 13.4. The predicted octanol–water partition coefficient (Wildman–Crippen LogP) is 6.28. The number of fused-ring (bicyclic) bond motifs is 1. The van der Waals surface area contributed by atoms with Gasteiger partial charge in [0.2, 0.25) is 5.88 Å². The van der Waals surface area contributed by atoms with Crippen LogP contribution in [0.2, 0.25) is 5.02 Å². The normalized spacial score (nSPS) is 15.1. The highest BCUT2D eigenvalue weighted by Gasteiger charge is 2.29. The summed E-state index contributed by atoms with van der Waals surface area (Å²) in [5, 5.41) is 18.9. The number of carbonyl (C=O) groups excluding carboxylic acids is 1. The average Bonchev–Trinajstić information content (AvgIpc) is 3.51. The molecule has 1 fully saturated rings. The second-order valence-corrected chi connectivity index (χ2v) is 11.5. The van der Waals surface area contributed by atoms with Crippen molar-refractivity contribution in [2.24, 2.45) is 0 Å². The topological polar surface area (TPSA) is 111 Å². The highest BCUT2D eigenvalue weighted by atomic mass is 35.5. The van der Waals surface area contributed by atoms with E-state index in [1.807, 2.05) is 38.4 Å². The lowest BCUT2D eigenvalue weighted by Crippen LogP contribution is -2.42. The summed E-state index contributed by atoms with van der Waals surface area (Å²) in [6.45, 7) is 10.4. The van der Waals surface area contributed by atoms with Crippen LogP contribution in [0.1, 0.15) is 69.6 Å². The Balaban J connectivity index is 1.42. The molecule has 1 aliphatic rings. The zero-order valence-electron chi connectivity index (χ0n) is 23.6. The van der Waals surface area contributed by atoms with Crippen molar-refractivity contribution >= 4 is 23.3 Å². The van der Waals surface area contributed by atoms with Gasteiger partial charge in [0.05, 0.1) is 23.0 Å². The minimum absolute atomic E-state index is 0.0756. The first-order chi connectivity index (χ1) is 19.4. The molecule has 12 heteroatoms. The second-order valence-electron chi connectivity index (χ2n) is 11.1. The number of aromatic nitrogens is 5. The molecule has 0 unspecified atom stereocenters. The molecule has 0 radical (unpaired) electrons. The van der Waals surface area contributed by atoms with E-state index in [-0.39, 0.29) is 17.2 Å². The van der Waals surface area contributed by atoms with Crippen molar-refractivity contribution in [2.45, 2.75) is 65.2 Å². The summed E-state index contributed by atoms with van der Waals surface area (Å²) in [6.07, 6.45) is 2.06. The lowest BCUT2D eigenvalue weighted by atomic mass is 10.0. The Morgan fingerprint density at radius 1 is 1.22 bits per heavy atom. The Hall–Kier alpha value is -4.17. The number of pyridine rings is 1. The van der Waals surface area contributed by atoms with Gasteiger partial charge in [-0.3, -0.25) is 4.40 Å². The molecule has 0 spiro atoms. The summed E-state index contributed by atoms with van der Waals surface area (Å²) >= 11 is 6.28. The van der Waals surface area contributed by atoms with E-state index in [9.17, 15) is 14.4 Å². The standard InChI is InChI=1S/C29H31ClFN7O3/c1-17-27(34-35-38(17)21-8-10-36(11-9-21)28(39)41-29(3,4)5)19-12-25-33-16-22(15-32)37(25)26(13-19)40-18(2)23-7-6-20(31)14-24(23)30/h6-7,12-14,16,18,21H,8-11H2,1-5H3/t18-/m1/s1. The smallest absolute Gasteiger partial charge is 0.410 e. The van der Waals surface area contributed by atoms with E-state index in [0.29, 0.717) is 41.6 Å². The molecule has 3 aromatic heterocycles. The number of halogens is 2. The molecule has 214 valence electrons. The predicted molar refractivity (Wildman–Crippen MR) is 150 cm³/mol. The lowest BCUT2D eigenvalue weighted by Gasteiger charge is -2.33. The first-order valence-corrected chi connectivity index (χ1v) is 13.8. The number of hydrogen-bond donors (Lipinski definition) is 0. The van der Waals surface area contributed by atoms with E-state index in [4.69, 9.17) is 21.1 Å². The van der Waals surface area contributed by atoms with Gasteiger partial charge < -0.3 is 14.4 Å². The number of nitrogens with zero attached hydrogens (tertiary/aromatic N) is 7. The molecule has 1 saturated heterocycles. The van der Waals surface area contributed by atoms with Gasteiger partial charge in [-0.05, 0) is 65.7 Å². The van der Waals surface area contributed by atoms with Crippen LogP contribution in [0.25, 0.3) is 16.9 Å². The molecule has 1 amide bonds. The average molecular weight is 580 g/mol. The maximum atomic E-state index is 13.6. The van der Waals surface area contributed by atoms with E-state index < -0.39 is 17.5 Å². The second kappa shape index (κ2) is 11.0. The molecule has 1 aliphatic heterocycles. The lowest BCUT2D eigenvalue weighted by molar-refractivity contribution is 0.0183. The molecule has 0 bridgehead atoms. The number of hydrogen-bond acceptors (Lipinski definition) is 7. The van der Waals surface area contributed by atoms with Crippen LogP contribution in [0.3, 0.4) is 0 Å². The van der Waals surface area contributed by atoms with E-state index in [1.165, 1.54) is 18.3 Å². The van der Waals surface area contributed by atoms with Gasteiger partial charge in [-0.25, -0.2) is 18.9 Å². The van der Waals surface area contributed by atoms with Crippen LogP contribution in [-0.4, -0.2) is 54.1 Å². The third-order valence-corrected chi connectivity index (χ3v) is 7.38. The fraction of sp³-hybridized carbons (Fsp3) is 0.414. The molecule has 41 heavy (non-hydrogen) atoms. The third-order valence-electron chi connectivity index (χ3n) is 7.05. The number of benzene rings is 1. The zero-order chi connectivity index (χ0) is 29.5. The number of ether oxygens (including phenoxy) is 2. The number of rotatable bonds is 5. The van der Waals surface area contributed by atoms with Crippen LogP contribution >= 0.6 is 11.6 Å². The number of likely N-dealkylation sites (tertiary alicyclic amines) is 1. The fourth-order valence-corrected chi connectivity index (χ4v) is 5.35. The van der Waals surface area contributed by atoms with Crippen LogP contribution in [0.5, 0.6) is 5.88 Å². The van der Waals surface area contributed by atoms with E-state index in [0.717, 1.165) is 24.1 Å². The molecule has 1 atom stereocenters. The van der Waals surface area contributed by atoms with Crippen molar-refractivity contribution in [3.05, 3.63) is 64.3 Å². The van der Waals surface area contributed by atoms with Crippen LogP contribution < -0.4 is 4.74 Å². The SMILES string of the molecule is Cc1c(-c2cc(O[C@H](C)c3ccc(F)cc3Cl)n3c(C#N)cnc3c2)nnn1C1CCN(C(=O)OC(C)(C)C)CC1. The van der Waals surface area contributed by atoms with E-state index in [2.05, 4.69) is 21.4 Å². The Bertz CT molecular complexity index is 1640. The highest BCUT2D eigenvalue weighted by molar-refractivity contribution is 6.31. The van der Waals surface area contributed by atoms with Crippen molar-refractivity contribution in [3.63, 3.8) is 0 Å². The Morgan fingerprint density at radius 3 is 2.61 bits per heavy atom. The Morgan fingerprint density at radius 2 is 1.95 bits per heavy atom. The summed E-state index contributed by atoms with van der Waals surface area (Å²) in [4.78, 5) is 18.6. The van der Waals surface area contributed by atoms with Gasteiger partial charge in [0.1, 0.15) is 40.6 Å². The molecule has 0 N–H and O–H groups in total. The molecular formula is C29H31ClFN7O3.